The average Bonchev–Trinajstić information content (AvgIpc) is 2.94. The first-order valence-corrected chi connectivity index (χ1v) is 8.89. The van der Waals surface area contributed by atoms with Gasteiger partial charge >= 0.3 is 0 Å². The Kier molecular flexibility index (Phi) is 5.38. The van der Waals surface area contributed by atoms with Gasteiger partial charge in [0, 0.05) is 19.7 Å². The largest absolute Gasteiger partial charge is 0.396 e. The number of nitrogens with zero attached hydrogens (tertiary/aromatic N) is 1. The Balaban J connectivity index is 2.32. The molecule has 1 aromatic carbocycles. The second-order valence-corrected chi connectivity index (χ2v) is 7.65. The van der Waals surface area contributed by atoms with Gasteiger partial charge < -0.3 is 10.5 Å². The molecule has 1 heterocycles. The third-order valence-corrected chi connectivity index (χ3v) is 6.38. The van der Waals surface area contributed by atoms with Crippen LogP contribution in [-0.2, 0) is 14.8 Å². The predicted molar refractivity (Wildman–Crippen MR) is 84.2 cm³/mol. The molecule has 1 aliphatic heterocycles. The van der Waals surface area contributed by atoms with Gasteiger partial charge in [0.25, 0.3) is 0 Å². The number of nitrogen functional groups attached to an aromatic ring is 1. The lowest BCUT2D eigenvalue weighted by Gasteiger charge is -2.24. The minimum atomic E-state index is -3.70. The van der Waals surface area contributed by atoms with Crippen LogP contribution < -0.4 is 5.73 Å². The molecule has 0 spiro atoms. The van der Waals surface area contributed by atoms with E-state index in [1.54, 1.807) is 6.92 Å². The van der Waals surface area contributed by atoms with E-state index in [2.05, 4.69) is 0 Å². The van der Waals surface area contributed by atoms with Gasteiger partial charge in [0.1, 0.15) is 4.90 Å². The quantitative estimate of drug-likeness (QED) is 0.826. The van der Waals surface area contributed by atoms with E-state index in [1.165, 1.54) is 16.4 Å². The third-order valence-electron chi connectivity index (χ3n) is 3.55. The van der Waals surface area contributed by atoms with Crippen LogP contribution in [0.5, 0.6) is 0 Å². The molecular formula is C13H18Cl2N2O3S. The number of halogens is 2. The second kappa shape index (κ2) is 6.71. The normalized spacial score (nSPS) is 19.3. The van der Waals surface area contributed by atoms with E-state index in [4.69, 9.17) is 33.7 Å². The van der Waals surface area contributed by atoms with E-state index in [0.29, 0.717) is 26.3 Å². The number of benzene rings is 1. The lowest BCUT2D eigenvalue weighted by atomic mass is 10.1. The molecule has 1 aliphatic rings. The van der Waals surface area contributed by atoms with Gasteiger partial charge in [-0.1, -0.05) is 30.1 Å². The van der Waals surface area contributed by atoms with Crippen LogP contribution in [0.4, 0.5) is 5.69 Å². The SMILES string of the molecule is CCN(CC1CCOC1)S(=O)(=O)c1ccc(Cl)c(N)c1Cl. The van der Waals surface area contributed by atoms with Crippen LogP contribution in [-0.4, -0.2) is 39.0 Å². The first-order chi connectivity index (χ1) is 9.87. The molecule has 8 heteroatoms. The van der Waals surface area contributed by atoms with E-state index < -0.39 is 10.0 Å². The van der Waals surface area contributed by atoms with Crippen molar-refractivity contribution in [3.63, 3.8) is 0 Å². The zero-order valence-electron chi connectivity index (χ0n) is 11.7. The maximum atomic E-state index is 12.7. The Hall–Kier alpha value is -0.530. The fraction of sp³-hybridized carbons (Fsp3) is 0.538. The maximum absolute atomic E-state index is 12.7. The number of anilines is 1. The van der Waals surface area contributed by atoms with Crippen molar-refractivity contribution < 1.29 is 13.2 Å². The third kappa shape index (κ3) is 3.46. The first-order valence-electron chi connectivity index (χ1n) is 6.69. The van der Waals surface area contributed by atoms with Crippen molar-refractivity contribution in [2.75, 3.05) is 32.0 Å². The van der Waals surface area contributed by atoms with Gasteiger partial charge in [-0.25, -0.2) is 8.42 Å². The summed E-state index contributed by atoms with van der Waals surface area (Å²) in [7, 11) is -3.70. The molecule has 0 bridgehead atoms. The molecule has 1 aromatic rings. The average molecular weight is 353 g/mol. The molecule has 0 amide bonds. The summed E-state index contributed by atoms with van der Waals surface area (Å²) in [5, 5.41) is 0.217. The van der Waals surface area contributed by atoms with Gasteiger partial charge in [0.2, 0.25) is 10.0 Å². The summed E-state index contributed by atoms with van der Waals surface area (Å²) < 4.78 is 32.2. The van der Waals surface area contributed by atoms with Crippen LogP contribution in [0, 0.1) is 5.92 Å². The molecule has 5 nitrogen and oxygen atoms in total. The molecule has 21 heavy (non-hydrogen) atoms. The summed E-state index contributed by atoms with van der Waals surface area (Å²) in [4.78, 5) is -0.00756. The van der Waals surface area contributed by atoms with Gasteiger partial charge in [-0.05, 0) is 24.5 Å². The Labute approximate surface area is 135 Å². The Bertz CT molecular complexity index is 616. The Morgan fingerprint density at radius 1 is 1.43 bits per heavy atom. The summed E-state index contributed by atoms with van der Waals surface area (Å²) in [6.45, 7) is 3.83. The molecule has 2 N–H and O–H groups in total. The molecule has 0 radical (unpaired) electrons. The fourth-order valence-electron chi connectivity index (χ4n) is 2.30. The predicted octanol–water partition coefficient (Wildman–Crippen LogP) is 2.62. The van der Waals surface area contributed by atoms with Crippen LogP contribution in [0.15, 0.2) is 17.0 Å². The summed E-state index contributed by atoms with van der Waals surface area (Å²) in [6.07, 6.45) is 0.864. The van der Waals surface area contributed by atoms with Gasteiger partial charge in [0.15, 0.2) is 0 Å². The maximum Gasteiger partial charge on any atom is 0.244 e. The van der Waals surface area contributed by atoms with E-state index >= 15 is 0 Å². The summed E-state index contributed by atoms with van der Waals surface area (Å²) >= 11 is 11.9. The number of hydrogen-bond donors (Lipinski definition) is 1. The monoisotopic (exact) mass is 352 g/mol. The van der Waals surface area contributed by atoms with Crippen LogP contribution >= 0.6 is 23.2 Å². The Morgan fingerprint density at radius 3 is 2.71 bits per heavy atom. The highest BCUT2D eigenvalue weighted by Gasteiger charge is 2.30. The van der Waals surface area contributed by atoms with Crippen molar-refractivity contribution in [3.8, 4) is 0 Å². The van der Waals surface area contributed by atoms with Crippen molar-refractivity contribution in [2.45, 2.75) is 18.2 Å². The molecule has 0 aliphatic carbocycles. The number of ether oxygens (including phenoxy) is 1. The van der Waals surface area contributed by atoms with Gasteiger partial charge in [0.05, 0.1) is 22.3 Å². The molecular weight excluding hydrogens is 335 g/mol. The van der Waals surface area contributed by atoms with Crippen LogP contribution in [0.3, 0.4) is 0 Å². The van der Waals surface area contributed by atoms with Gasteiger partial charge in [-0.15, -0.1) is 0 Å². The van der Waals surface area contributed by atoms with Gasteiger partial charge in [-0.2, -0.15) is 4.31 Å². The molecule has 1 atom stereocenters. The molecule has 1 unspecified atom stereocenters. The molecule has 118 valence electrons. The van der Waals surface area contributed by atoms with Crippen molar-refractivity contribution >= 4 is 38.9 Å². The zero-order chi connectivity index (χ0) is 15.6. The topological polar surface area (TPSA) is 72.6 Å². The lowest BCUT2D eigenvalue weighted by Crippen LogP contribution is -2.35. The van der Waals surface area contributed by atoms with Crippen molar-refractivity contribution in [3.05, 3.63) is 22.2 Å². The Morgan fingerprint density at radius 2 is 2.14 bits per heavy atom. The van der Waals surface area contributed by atoms with Crippen LogP contribution in [0.1, 0.15) is 13.3 Å². The highest BCUT2D eigenvalue weighted by atomic mass is 35.5. The lowest BCUT2D eigenvalue weighted by molar-refractivity contribution is 0.181. The van der Waals surface area contributed by atoms with Gasteiger partial charge in [-0.3, -0.25) is 0 Å². The minimum Gasteiger partial charge on any atom is -0.396 e. The van der Waals surface area contributed by atoms with Crippen molar-refractivity contribution in [1.82, 2.24) is 4.31 Å². The first kappa shape index (κ1) is 16.8. The second-order valence-electron chi connectivity index (χ2n) is 4.96. The number of rotatable bonds is 5. The number of sulfonamides is 1. The van der Waals surface area contributed by atoms with Crippen LogP contribution in [0.2, 0.25) is 10.0 Å². The number of nitrogens with two attached hydrogens (primary N) is 1. The minimum absolute atomic E-state index is 0.00756. The molecule has 1 fully saturated rings. The van der Waals surface area contributed by atoms with Crippen molar-refractivity contribution in [2.24, 2.45) is 5.92 Å². The summed E-state index contributed by atoms with van der Waals surface area (Å²) in [5.74, 6) is 0.211. The van der Waals surface area contributed by atoms with Crippen LogP contribution in [0.25, 0.3) is 0 Å². The zero-order valence-corrected chi connectivity index (χ0v) is 14.0. The van der Waals surface area contributed by atoms with E-state index in [1.807, 2.05) is 0 Å². The van der Waals surface area contributed by atoms with E-state index in [9.17, 15) is 8.42 Å². The highest BCUT2D eigenvalue weighted by Crippen LogP contribution is 2.34. The standard InChI is InChI=1S/C13H18Cl2N2O3S/c1-2-17(7-9-5-6-20-8-9)21(18,19)11-4-3-10(14)13(16)12(11)15/h3-4,9H,2,5-8,16H2,1H3. The molecule has 0 saturated carbocycles. The number of hydrogen-bond acceptors (Lipinski definition) is 4. The molecule has 1 saturated heterocycles. The highest BCUT2D eigenvalue weighted by molar-refractivity contribution is 7.89. The molecule has 2 rings (SSSR count). The summed E-state index contributed by atoms with van der Waals surface area (Å²) in [6, 6.07) is 2.84. The summed E-state index contributed by atoms with van der Waals surface area (Å²) in [5.41, 5.74) is 5.80. The fourth-order valence-corrected chi connectivity index (χ4v) is 4.56. The molecule has 0 aromatic heterocycles. The van der Waals surface area contributed by atoms with E-state index in [0.717, 1.165) is 6.42 Å². The smallest absolute Gasteiger partial charge is 0.244 e. The van der Waals surface area contributed by atoms with E-state index in [-0.39, 0.29) is 26.5 Å². The van der Waals surface area contributed by atoms with Crippen molar-refractivity contribution in [1.29, 1.82) is 0 Å².